The first kappa shape index (κ1) is 15.0. The number of carbonyl (C=O) groups is 2. The summed E-state index contributed by atoms with van der Waals surface area (Å²) in [4.78, 5) is 22.6. The highest BCUT2D eigenvalue weighted by Crippen LogP contribution is 2.10. The fourth-order valence-electron chi connectivity index (χ4n) is 1.40. The largest absolute Gasteiger partial charge is 0.480 e. The number of amides is 1. The molecule has 1 aromatic rings. The Bertz CT molecular complexity index is 479. The third kappa shape index (κ3) is 4.29. The van der Waals surface area contributed by atoms with E-state index >= 15 is 0 Å². The zero-order chi connectivity index (χ0) is 14.4. The van der Waals surface area contributed by atoms with Gasteiger partial charge in [-0.15, -0.1) is 0 Å². The number of hydrogen-bond acceptors (Lipinski definition) is 3. The smallest absolute Gasteiger partial charge is 0.326 e. The van der Waals surface area contributed by atoms with Gasteiger partial charge in [0, 0.05) is 20.1 Å². The van der Waals surface area contributed by atoms with Gasteiger partial charge in [0.05, 0.1) is 5.56 Å². The molecule has 7 heteroatoms. The number of ether oxygens (including phenoxy) is 1. The summed E-state index contributed by atoms with van der Waals surface area (Å²) in [5.74, 6) is -3.96. The van der Waals surface area contributed by atoms with Gasteiger partial charge in [-0.25, -0.2) is 13.6 Å². The highest BCUT2D eigenvalue weighted by molar-refractivity contribution is 5.96. The molecule has 1 atom stereocenters. The summed E-state index contributed by atoms with van der Waals surface area (Å²) in [6, 6.07) is 1.15. The lowest BCUT2D eigenvalue weighted by atomic mass is 10.1. The van der Waals surface area contributed by atoms with Gasteiger partial charge in [0.25, 0.3) is 5.91 Å². The van der Waals surface area contributed by atoms with Crippen molar-refractivity contribution in [3.8, 4) is 0 Å². The van der Waals surface area contributed by atoms with Crippen LogP contribution in [0.5, 0.6) is 0 Å². The quantitative estimate of drug-likeness (QED) is 0.816. The van der Waals surface area contributed by atoms with Crippen LogP contribution in [-0.4, -0.2) is 36.7 Å². The average molecular weight is 273 g/mol. The molecule has 0 heterocycles. The van der Waals surface area contributed by atoms with Crippen molar-refractivity contribution in [1.82, 2.24) is 5.32 Å². The molecule has 0 aliphatic heterocycles. The standard InChI is InChI=1S/C12H13F2NO4/c1-19-5-4-10(12(17)18)15-11(16)8-6-7(13)2-3-9(8)14/h2-3,6,10H,4-5H2,1H3,(H,15,16)(H,17,18). The number of carboxylic acid groups (broad SMARTS) is 1. The van der Waals surface area contributed by atoms with Crippen LogP contribution in [0.15, 0.2) is 18.2 Å². The van der Waals surface area contributed by atoms with Crippen LogP contribution < -0.4 is 5.32 Å². The number of benzene rings is 1. The Balaban J connectivity index is 2.81. The fourth-order valence-corrected chi connectivity index (χ4v) is 1.40. The number of methoxy groups -OCH3 is 1. The average Bonchev–Trinajstić information content (AvgIpc) is 2.36. The molecule has 0 aliphatic carbocycles. The molecule has 0 aromatic heterocycles. The molecule has 0 spiro atoms. The van der Waals surface area contributed by atoms with Gasteiger partial charge in [-0.05, 0) is 18.2 Å². The van der Waals surface area contributed by atoms with Crippen molar-refractivity contribution in [1.29, 1.82) is 0 Å². The van der Waals surface area contributed by atoms with Gasteiger partial charge < -0.3 is 15.2 Å². The molecule has 0 radical (unpaired) electrons. The monoisotopic (exact) mass is 273 g/mol. The molecule has 104 valence electrons. The zero-order valence-corrected chi connectivity index (χ0v) is 10.2. The van der Waals surface area contributed by atoms with Crippen molar-refractivity contribution in [2.24, 2.45) is 0 Å². The molecule has 0 saturated heterocycles. The molecular formula is C12H13F2NO4. The van der Waals surface area contributed by atoms with E-state index in [1.54, 1.807) is 0 Å². The molecule has 1 rings (SSSR count). The molecule has 0 bridgehead atoms. The van der Waals surface area contributed by atoms with Crippen LogP contribution in [0.3, 0.4) is 0 Å². The molecular weight excluding hydrogens is 260 g/mol. The first-order chi connectivity index (χ1) is 8.95. The van der Waals surface area contributed by atoms with Crippen molar-refractivity contribution in [3.63, 3.8) is 0 Å². The Morgan fingerprint density at radius 2 is 2.11 bits per heavy atom. The molecule has 1 amide bonds. The third-order valence-electron chi connectivity index (χ3n) is 2.39. The fraction of sp³-hybridized carbons (Fsp3) is 0.333. The van der Waals surface area contributed by atoms with Gasteiger partial charge in [-0.3, -0.25) is 4.79 Å². The molecule has 0 saturated carbocycles. The second kappa shape index (κ2) is 6.79. The number of nitrogens with one attached hydrogen (secondary N) is 1. The predicted octanol–water partition coefficient (Wildman–Crippen LogP) is 1.18. The Hall–Kier alpha value is -2.02. The van der Waals surface area contributed by atoms with Crippen molar-refractivity contribution in [3.05, 3.63) is 35.4 Å². The van der Waals surface area contributed by atoms with Gasteiger partial charge in [0.15, 0.2) is 0 Å². The maximum absolute atomic E-state index is 13.3. The number of carbonyl (C=O) groups excluding carboxylic acids is 1. The number of carboxylic acids is 1. The minimum Gasteiger partial charge on any atom is -0.480 e. The first-order valence-corrected chi connectivity index (χ1v) is 5.43. The molecule has 19 heavy (non-hydrogen) atoms. The van der Waals surface area contributed by atoms with Gasteiger partial charge in [0.2, 0.25) is 0 Å². The van der Waals surface area contributed by atoms with Crippen LogP contribution in [0.25, 0.3) is 0 Å². The Morgan fingerprint density at radius 1 is 1.42 bits per heavy atom. The molecule has 1 aromatic carbocycles. The van der Waals surface area contributed by atoms with E-state index in [1.165, 1.54) is 7.11 Å². The van der Waals surface area contributed by atoms with Gasteiger partial charge >= 0.3 is 5.97 Å². The number of rotatable bonds is 6. The highest BCUT2D eigenvalue weighted by atomic mass is 19.1. The lowest BCUT2D eigenvalue weighted by Crippen LogP contribution is -2.41. The van der Waals surface area contributed by atoms with Gasteiger partial charge in [-0.2, -0.15) is 0 Å². The summed E-state index contributed by atoms with van der Waals surface area (Å²) >= 11 is 0. The van der Waals surface area contributed by atoms with E-state index in [9.17, 15) is 18.4 Å². The summed E-state index contributed by atoms with van der Waals surface area (Å²) in [5.41, 5.74) is -0.538. The van der Waals surface area contributed by atoms with E-state index < -0.39 is 35.1 Å². The van der Waals surface area contributed by atoms with E-state index in [-0.39, 0.29) is 13.0 Å². The zero-order valence-electron chi connectivity index (χ0n) is 10.2. The summed E-state index contributed by atoms with van der Waals surface area (Å²) in [6.07, 6.45) is 0.0223. The van der Waals surface area contributed by atoms with Crippen LogP contribution in [0.2, 0.25) is 0 Å². The summed E-state index contributed by atoms with van der Waals surface area (Å²) in [6.45, 7) is 0.114. The summed E-state index contributed by atoms with van der Waals surface area (Å²) < 4.78 is 31.0. The lowest BCUT2D eigenvalue weighted by molar-refractivity contribution is -0.139. The predicted molar refractivity (Wildman–Crippen MR) is 61.7 cm³/mol. The maximum atomic E-state index is 13.3. The van der Waals surface area contributed by atoms with E-state index in [2.05, 4.69) is 5.32 Å². The molecule has 5 nitrogen and oxygen atoms in total. The van der Waals surface area contributed by atoms with Crippen LogP contribution in [0, 0.1) is 11.6 Å². The van der Waals surface area contributed by atoms with E-state index in [0.717, 1.165) is 12.1 Å². The van der Waals surface area contributed by atoms with Crippen LogP contribution >= 0.6 is 0 Å². The van der Waals surface area contributed by atoms with Gasteiger partial charge in [-0.1, -0.05) is 0 Å². The first-order valence-electron chi connectivity index (χ1n) is 5.43. The number of hydrogen-bond donors (Lipinski definition) is 2. The minimum atomic E-state index is -1.28. The Kier molecular flexibility index (Phi) is 5.37. The van der Waals surface area contributed by atoms with Crippen molar-refractivity contribution in [2.45, 2.75) is 12.5 Å². The number of aliphatic carboxylic acids is 1. The molecule has 1 unspecified atom stereocenters. The minimum absolute atomic E-state index is 0.0223. The number of halogens is 2. The van der Waals surface area contributed by atoms with Crippen LogP contribution in [0.4, 0.5) is 8.78 Å². The van der Waals surface area contributed by atoms with Crippen molar-refractivity contribution < 1.29 is 28.2 Å². The van der Waals surface area contributed by atoms with E-state index in [1.807, 2.05) is 0 Å². The van der Waals surface area contributed by atoms with E-state index in [0.29, 0.717) is 6.07 Å². The van der Waals surface area contributed by atoms with E-state index in [4.69, 9.17) is 9.84 Å². The normalized spacial score (nSPS) is 11.9. The summed E-state index contributed by atoms with van der Waals surface area (Å²) in [7, 11) is 1.38. The topological polar surface area (TPSA) is 75.6 Å². The van der Waals surface area contributed by atoms with Crippen LogP contribution in [0.1, 0.15) is 16.8 Å². The second-order valence-electron chi connectivity index (χ2n) is 3.77. The summed E-state index contributed by atoms with van der Waals surface area (Å²) in [5, 5.41) is 11.0. The third-order valence-corrected chi connectivity index (χ3v) is 2.39. The molecule has 0 fully saturated rings. The Morgan fingerprint density at radius 3 is 2.68 bits per heavy atom. The Labute approximate surface area is 108 Å². The lowest BCUT2D eigenvalue weighted by Gasteiger charge is -2.14. The highest BCUT2D eigenvalue weighted by Gasteiger charge is 2.22. The van der Waals surface area contributed by atoms with Crippen LogP contribution in [-0.2, 0) is 9.53 Å². The van der Waals surface area contributed by atoms with Gasteiger partial charge in [0.1, 0.15) is 17.7 Å². The maximum Gasteiger partial charge on any atom is 0.326 e. The SMILES string of the molecule is COCCC(NC(=O)c1cc(F)ccc1F)C(=O)O. The van der Waals surface area contributed by atoms with Crippen molar-refractivity contribution in [2.75, 3.05) is 13.7 Å². The molecule has 0 aliphatic rings. The second-order valence-corrected chi connectivity index (χ2v) is 3.77. The van der Waals surface area contributed by atoms with Crippen molar-refractivity contribution >= 4 is 11.9 Å². The molecule has 2 N–H and O–H groups in total.